The molecular formula is C51H61Cl2F4N9O4. The van der Waals surface area contributed by atoms with Crippen LogP contribution in [0.1, 0.15) is 72.4 Å². The zero-order valence-electron chi connectivity index (χ0n) is 40.5. The Morgan fingerprint density at radius 2 is 1.14 bits per heavy atom. The standard InChI is InChI=1S/C22H22F2N4O2.C18H15F2N3O.C6H15N.C4H7NO.CH2Cl2/c1-3-11-26-22(29)27-15-7-5-14(6-8-15)20-18(13-25)17-10-9-16(30-21(23)24)12-19(17)28(20)4-2;1-2-23-16-9-13(24-18(19)20)7-8-14(16)15(10-21)17(23)11-3-5-12(22)6-4-11;1-4-7(5-2)6-3;1-2-3-5-4-6;2-1-3/h5-10,12,21H,3-4,11H2,1-2H3,(H2,26,27,29);3-9,18H,2,22H2,1H3;4-6H2,1-3H3;2-3H2,1H3;1H2. The number of nitrogen functional groups attached to an aromatic ring is 1. The van der Waals surface area contributed by atoms with E-state index in [-0.39, 0.29) is 22.9 Å². The molecule has 0 aliphatic rings. The molecule has 0 unspecified atom stereocenters. The zero-order chi connectivity index (χ0) is 52.2. The van der Waals surface area contributed by atoms with Gasteiger partial charge in [-0.2, -0.15) is 28.1 Å². The average molecular weight is 1010 g/mol. The van der Waals surface area contributed by atoms with Gasteiger partial charge >= 0.3 is 19.3 Å². The molecule has 0 aliphatic carbocycles. The minimum Gasteiger partial charge on any atom is -0.435 e. The molecule has 2 amide bonds. The van der Waals surface area contributed by atoms with Gasteiger partial charge in [0.2, 0.25) is 6.08 Å². The highest BCUT2D eigenvalue weighted by molar-refractivity contribution is 6.40. The van der Waals surface area contributed by atoms with Crippen LogP contribution in [0.15, 0.2) is 89.9 Å². The number of rotatable bonds is 16. The fraction of sp³-hybridized carbons (Fsp3) is 0.373. The minimum atomic E-state index is -2.92. The molecule has 6 rings (SSSR count). The van der Waals surface area contributed by atoms with Gasteiger partial charge in [-0.1, -0.05) is 58.9 Å². The number of fused-ring (bicyclic) bond motifs is 2. The van der Waals surface area contributed by atoms with Crippen molar-refractivity contribution in [2.75, 3.05) is 49.1 Å². The molecule has 0 saturated carbocycles. The van der Waals surface area contributed by atoms with Gasteiger partial charge in [0.15, 0.2) is 0 Å². The summed E-state index contributed by atoms with van der Waals surface area (Å²) in [6.45, 7) is 14.4. The highest BCUT2D eigenvalue weighted by Crippen LogP contribution is 2.37. The van der Waals surface area contributed by atoms with Crippen molar-refractivity contribution in [2.45, 2.75) is 87.6 Å². The number of aryl methyl sites for hydroxylation is 2. The number of benzene rings is 4. The molecule has 376 valence electrons. The third-order valence-corrected chi connectivity index (χ3v) is 10.3. The maximum Gasteiger partial charge on any atom is 0.387 e. The van der Waals surface area contributed by atoms with Crippen LogP contribution in [0.5, 0.6) is 11.5 Å². The maximum absolute atomic E-state index is 12.6. The first-order chi connectivity index (χ1) is 33.7. The normalized spacial score (nSPS) is 10.3. The summed E-state index contributed by atoms with van der Waals surface area (Å²) in [5, 5.41) is 26.4. The number of urea groups is 1. The predicted molar refractivity (Wildman–Crippen MR) is 274 cm³/mol. The van der Waals surface area contributed by atoms with Crippen molar-refractivity contribution in [3.63, 3.8) is 0 Å². The van der Waals surface area contributed by atoms with E-state index in [9.17, 15) is 37.7 Å². The molecule has 2 aromatic heterocycles. The lowest BCUT2D eigenvalue weighted by molar-refractivity contribution is -0.0504. The van der Waals surface area contributed by atoms with Crippen molar-refractivity contribution in [1.82, 2.24) is 19.4 Å². The number of nitriles is 2. The van der Waals surface area contributed by atoms with E-state index in [1.165, 1.54) is 50.0 Å². The number of nitrogens with zero attached hydrogens (tertiary/aromatic N) is 6. The zero-order valence-corrected chi connectivity index (χ0v) is 42.0. The molecule has 0 saturated heterocycles. The lowest BCUT2D eigenvalue weighted by atomic mass is 10.1. The van der Waals surface area contributed by atoms with Gasteiger partial charge in [-0.15, -0.1) is 23.2 Å². The summed E-state index contributed by atoms with van der Waals surface area (Å²) >= 11 is 9.53. The largest absolute Gasteiger partial charge is 0.435 e. The summed E-state index contributed by atoms with van der Waals surface area (Å²) in [6, 6.07) is 27.7. The van der Waals surface area contributed by atoms with Gasteiger partial charge in [-0.05, 0) is 106 Å². The predicted octanol–water partition coefficient (Wildman–Crippen LogP) is 13.2. The fourth-order valence-corrected chi connectivity index (χ4v) is 7.09. The van der Waals surface area contributed by atoms with Gasteiger partial charge in [0.05, 0.1) is 45.4 Å². The van der Waals surface area contributed by atoms with Crippen LogP contribution >= 0.6 is 23.2 Å². The van der Waals surface area contributed by atoms with Gasteiger partial charge in [-0.3, -0.25) is 0 Å². The monoisotopic (exact) mass is 1010 g/mol. The summed E-state index contributed by atoms with van der Waals surface area (Å²) in [5.41, 5.74) is 12.3. The summed E-state index contributed by atoms with van der Waals surface area (Å²) < 4.78 is 62.9. The van der Waals surface area contributed by atoms with Crippen LogP contribution in [-0.4, -0.2) is 77.4 Å². The van der Waals surface area contributed by atoms with Crippen molar-refractivity contribution in [3.8, 4) is 46.2 Å². The summed E-state index contributed by atoms with van der Waals surface area (Å²) in [6.07, 6.45) is 3.21. The van der Waals surface area contributed by atoms with E-state index in [0.29, 0.717) is 76.2 Å². The van der Waals surface area contributed by atoms with Gasteiger partial charge < -0.3 is 39.9 Å². The van der Waals surface area contributed by atoms with E-state index >= 15 is 0 Å². The number of nitrogens with one attached hydrogen (secondary N) is 2. The first-order valence-electron chi connectivity index (χ1n) is 22.6. The van der Waals surface area contributed by atoms with E-state index in [0.717, 1.165) is 29.7 Å². The topological polar surface area (TPSA) is 176 Å². The van der Waals surface area contributed by atoms with E-state index in [1.807, 2.05) is 61.1 Å². The van der Waals surface area contributed by atoms with Crippen LogP contribution in [0.25, 0.3) is 44.3 Å². The van der Waals surface area contributed by atoms with Crippen molar-refractivity contribution in [2.24, 2.45) is 4.99 Å². The second-order valence-electron chi connectivity index (χ2n) is 14.5. The Morgan fingerprint density at radius 3 is 1.46 bits per heavy atom. The van der Waals surface area contributed by atoms with Crippen LogP contribution in [0, 0.1) is 22.7 Å². The number of hydrogen-bond donors (Lipinski definition) is 3. The Labute approximate surface area is 417 Å². The Kier molecular flexibility index (Phi) is 27.3. The second kappa shape index (κ2) is 32.1. The van der Waals surface area contributed by atoms with Gasteiger partial charge in [-0.25, -0.2) is 14.6 Å². The number of isocyanates is 1. The molecule has 0 fully saturated rings. The van der Waals surface area contributed by atoms with Crippen molar-refractivity contribution in [1.29, 1.82) is 10.5 Å². The number of ether oxygens (including phenoxy) is 2. The number of carbonyl (C=O) groups is 1. The van der Waals surface area contributed by atoms with Crippen LogP contribution < -0.4 is 25.8 Å². The highest BCUT2D eigenvalue weighted by Gasteiger charge is 2.21. The molecule has 2 heterocycles. The molecule has 0 atom stereocenters. The first-order valence-corrected chi connectivity index (χ1v) is 23.7. The smallest absolute Gasteiger partial charge is 0.387 e. The first kappa shape index (κ1) is 59.4. The second-order valence-corrected chi connectivity index (χ2v) is 15.4. The molecule has 0 spiro atoms. The van der Waals surface area contributed by atoms with Gasteiger partial charge in [0.1, 0.15) is 23.6 Å². The Morgan fingerprint density at radius 1 is 0.714 bits per heavy atom. The number of halogens is 6. The number of amides is 2. The third-order valence-electron chi connectivity index (χ3n) is 10.3. The van der Waals surface area contributed by atoms with Crippen molar-refractivity contribution < 1.29 is 36.6 Å². The highest BCUT2D eigenvalue weighted by atomic mass is 35.5. The molecule has 13 nitrogen and oxygen atoms in total. The van der Waals surface area contributed by atoms with Crippen molar-refractivity contribution >= 4 is 68.5 Å². The fourth-order valence-electron chi connectivity index (χ4n) is 7.09. The van der Waals surface area contributed by atoms with Crippen LogP contribution in [0.2, 0.25) is 0 Å². The summed E-state index contributed by atoms with van der Waals surface area (Å²) in [5.74, 6) is 0.108. The summed E-state index contributed by atoms with van der Waals surface area (Å²) in [7, 11) is 0. The molecule has 4 N–H and O–H groups in total. The van der Waals surface area contributed by atoms with E-state index in [2.05, 4.69) is 62.9 Å². The number of carbonyl (C=O) groups excluding carboxylic acids is 2. The molecule has 0 radical (unpaired) electrons. The molecule has 70 heavy (non-hydrogen) atoms. The van der Waals surface area contributed by atoms with E-state index in [4.69, 9.17) is 28.9 Å². The number of hydrogen-bond acceptors (Lipinski definition) is 9. The SMILES string of the molecule is CCCN=C=O.CCCNC(=O)Nc1ccc(-c2c(C#N)c3ccc(OC(F)F)cc3n2CC)cc1.CCN(CC)CC.CCn1c(-c2ccc(N)cc2)c(C#N)c2ccc(OC(F)F)cc21.ClCCl. The molecule has 0 aliphatic heterocycles. The average Bonchev–Trinajstić information content (AvgIpc) is 3.85. The molecular weight excluding hydrogens is 950 g/mol. The third kappa shape index (κ3) is 17.6. The number of aliphatic imine (C=N–C) groups is 1. The van der Waals surface area contributed by atoms with E-state index < -0.39 is 13.2 Å². The van der Waals surface area contributed by atoms with Crippen LogP contribution in [0.3, 0.4) is 0 Å². The lowest BCUT2D eigenvalue weighted by Gasteiger charge is -2.13. The van der Waals surface area contributed by atoms with Crippen molar-refractivity contribution in [3.05, 3.63) is 96.1 Å². The molecule has 0 bridgehead atoms. The number of nitrogens with two attached hydrogens (primary N) is 1. The number of anilines is 2. The Hall–Kier alpha value is -6.75. The quantitative estimate of drug-likeness (QED) is 0.0282. The van der Waals surface area contributed by atoms with Gasteiger partial charge in [0, 0.05) is 53.9 Å². The van der Waals surface area contributed by atoms with Crippen LogP contribution in [0.4, 0.5) is 33.7 Å². The molecule has 19 heteroatoms. The number of alkyl halides is 6. The maximum atomic E-state index is 12.6. The number of aromatic nitrogens is 2. The van der Waals surface area contributed by atoms with Gasteiger partial charge in [0.25, 0.3) is 0 Å². The molecule has 4 aromatic carbocycles. The Bertz CT molecular complexity index is 2650. The van der Waals surface area contributed by atoms with Crippen LogP contribution in [-0.2, 0) is 17.9 Å². The Balaban J connectivity index is 0.000000371. The lowest BCUT2D eigenvalue weighted by Crippen LogP contribution is -2.29. The summed E-state index contributed by atoms with van der Waals surface area (Å²) in [4.78, 5) is 26.8. The molecule has 6 aromatic rings. The minimum absolute atomic E-state index is 0.0402. The van der Waals surface area contributed by atoms with E-state index in [1.54, 1.807) is 36.4 Å².